The molecule has 0 aromatic heterocycles. The number of ketones is 1. The summed E-state index contributed by atoms with van der Waals surface area (Å²) in [5.41, 5.74) is -2.77. The van der Waals surface area contributed by atoms with Crippen LogP contribution in [0.15, 0.2) is 28.8 Å². The maximum absolute atomic E-state index is 17.0. The number of ether oxygens (including phenoxy) is 1. The molecule has 1 saturated heterocycles. The number of hydrogen-bond donors (Lipinski definition) is 2. The van der Waals surface area contributed by atoms with E-state index >= 15 is 4.39 Å². The van der Waals surface area contributed by atoms with Gasteiger partial charge < -0.3 is 14.9 Å². The minimum atomic E-state index is -1.81. The summed E-state index contributed by atoms with van der Waals surface area (Å²) in [6.07, 6.45) is 6.59. The van der Waals surface area contributed by atoms with Gasteiger partial charge in [0.2, 0.25) is 0 Å². The van der Waals surface area contributed by atoms with E-state index in [1.807, 2.05) is 32.1 Å². The third-order valence-corrected chi connectivity index (χ3v) is 8.75. The van der Waals surface area contributed by atoms with Crippen molar-refractivity contribution in [3.8, 4) is 0 Å². The zero-order valence-electron chi connectivity index (χ0n) is 16.6. The predicted molar refractivity (Wildman–Crippen MR) is 102 cm³/mol. The van der Waals surface area contributed by atoms with Crippen LogP contribution in [0.25, 0.3) is 0 Å². The molecule has 152 valence electrons. The lowest BCUT2D eigenvalue weighted by Gasteiger charge is -2.59. The number of fused-ring (bicyclic) bond motifs is 4. The van der Waals surface area contributed by atoms with Crippen LogP contribution in [0, 0.1) is 23.2 Å². The number of carbonyl (C=O) groups excluding carboxylic acids is 1. The number of aliphatic hydroxyl groups is 2. The molecule has 0 radical (unpaired) electrons. The zero-order chi connectivity index (χ0) is 20.1. The van der Waals surface area contributed by atoms with Crippen LogP contribution in [0.3, 0.4) is 0 Å². The van der Waals surface area contributed by atoms with E-state index in [0.717, 1.165) is 17.7 Å². The van der Waals surface area contributed by atoms with Gasteiger partial charge in [0, 0.05) is 24.8 Å². The van der Waals surface area contributed by atoms with Crippen LogP contribution in [0.4, 0.5) is 4.39 Å². The molecule has 8 atom stereocenters. The fraction of sp³-hybridized carbons (Fsp3) is 0.727. The summed E-state index contributed by atoms with van der Waals surface area (Å²) in [6, 6.07) is 0. The average Bonchev–Trinajstić information content (AvgIpc) is 3.28. The second-order valence-electron chi connectivity index (χ2n) is 9.54. The third-order valence-electron chi connectivity index (χ3n) is 8.75. The number of carbonyl (C=O) groups is 1. The van der Waals surface area contributed by atoms with Gasteiger partial charge in [0.1, 0.15) is 12.2 Å². The van der Waals surface area contributed by atoms with E-state index in [1.54, 1.807) is 7.05 Å². The second kappa shape index (κ2) is 5.41. The molecule has 0 bridgehead atoms. The first-order valence-corrected chi connectivity index (χ1v) is 10.3. The Kier molecular flexibility index (Phi) is 3.60. The molecule has 6 heteroatoms. The second-order valence-corrected chi connectivity index (χ2v) is 9.54. The smallest absolute Gasteiger partial charge is 0.193 e. The summed E-state index contributed by atoms with van der Waals surface area (Å²) < 4.78 is 23.0. The van der Waals surface area contributed by atoms with Gasteiger partial charge in [-0.15, -0.1) is 0 Å². The molecular weight excluding hydrogens is 361 g/mol. The predicted octanol–water partition coefficient (Wildman–Crippen LogP) is 2.17. The Bertz CT molecular complexity index is 851. The number of hydrogen-bond acceptors (Lipinski definition) is 5. The topological polar surface area (TPSA) is 82.4 Å². The number of allylic oxidation sites excluding steroid dienone is 4. The molecule has 4 aliphatic carbocycles. The van der Waals surface area contributed by atoms with E-state index in [4.69, 9.17) is 4.74 Å². The van der Waals surface area contributed by atoms with Gasteiger partial charge in [-0.05, 0) is 50.2 Å². The summed E-state index contributed by atoms with van der Waals surface area (Å²) >= 11 is 0. The molecule has 1 spiro atoms. The molecule has 3 saturated carbocycles. The third kappa shape index (κ3) is 1.75. The lowest BCUT2D eigenvalue weighted by molar-refractivity contribution is -0.179. The first-order valence-electron chi connectivity index (χ1n) is 10.3. The Morgan fingerprint density at radius 3 is 2.86 bits per heavy atom. The Balaban J connectivity index is 1.59. The van der Waals surface area contributed by atoms with Crippen molar-refractivity contribution >= 4 is 11.5 Å². The van der Waals surface area contributed by atoms with Gasteiger partial charge in [0.05, 0.1) is 11.8 Å². The quantitative estimate of drug-likeness (QED) is 0.709. The number of alkyl halides is 1. The highest BCUT2D eigenvalue weighted by molar-refractivity contribution is 6.05. The van der Waals surface area contributed by atoms with Gasteiger partial charge in [0.25, 0.3) is 0 Å². The fourth-order valence-electron chi connectivity index (χ4n) is 7.40. The molecule has 1 aliphatic heterocycles. The van der Waals surface area contributed by atoms with E-state index in [0.29, 0.717) is 12.8 Å². The lowest BCUT2D eigenvalue weighted by Crippen LogP contribution is -2.66. The van der Waals surface area contributed by atoms with Crippen molar-refractivity contribution in [1.82, 2.24) is 0 Å². The number of epoxide rings is 1. The monoisotopic (exact) mass is 389 g/mol. The number of aliphatic hydroxyl groups excluding tert-OH is 2. The Morgan fingerprint density at radius 1 is 1.43 bits per heavy atom. The molecule has 0 aromatic carbocycles. The van der Waals surface area contributed by atoms with Crippen LogP contribution < -0.4 is 0 Å². The SMILES string of the molecule is CN=C1C=CC2(C)C(=C1)CCC1[C@@H]3C[C@@H](C)[C@@]4(C(=O)CO)OC34CC(O)[C@@]12F. The number of aliphatic imine (C=N–C) groups is 1. The van der Waals surface area contributed by atoms with E-state index in [2.05, 4.69) is 4.99 Å². The molecule has 5 rings (SSSR count). The van der Waals surface area contributed by atoms with Crippen molar-refractivity contribution in [1.29, 1.82) is 0 Å². The molecule has 4 unspecified atom stereocenters. The van der Waals surface area contributed by atoms with Crippen LogP contribution in [0.1, 0.15) is 39.5 Å². The van der Waals surface area contributed by atoms with Crippen molar-refractivity contribution in [3.63, 3.8) is 0 Å². The molecule has 5 nitrogen and oxygen atoms in total. The van der Waals surface area contributed by atoms with Crippen LogP contribution in [-0.2, 0) is 9.53 Å². The van der Waals surface area contributed by atoms with Gasteiger partial charge in [-0.3, -0.25) is 9.79 Å². The van der Waals surface area contributed by atoms with Crippen LogP contribution in [0.2, 0.25) is 0 Å². The number of nitrogens with zero attached hydrogens (tertiary/aromatic N) is 1. The summed E-state index contributed by atoms with van der Waals surface area (Å²) in [5.74, 6) is -0.928. The Morgan fingerprint density at radius 2 is 2.18 bits per heavy atom. The van der Waals surface area contributed by atoms with Gasteiger partial charge in [-0.1, -0.05) is 18.6 Å². The molecule has 1 heterocycles. The van der Waals surface area contributed by atoms with Crippen molar-refractivity contribution in [3.05, 3.63) is 23.8 Å². The maximum atomic E-state index is 17.0. The average molecular weight is 389 g/mol. The van der Waals surface area contributed by atoms with Crippen molar-refractivity contribution < 1.29 is 24.1 Å². The maximum Gasteiger partial charge on any atom is 0.193 e. The molecule has 28 heavy (non-hydrogen) atoms. The van der Waals surface area contributed by atoms with Gasteiger partial charge >= 0.3 is 0 Å². The standard InChI is InChI=1S/C22H28FNO4/c1-12-8-16-15-5-4-13-9-14(24-3)6-7-19(13,2)21(15,23)17(26)10-20(16)22(12,28-20)18(27)11-25/h6-7,9,12,15-17,25-26H,4-5,8,10-11H2,1-3H3/t12-,15?,16+,17?,19?,20?,21+,22+/m1/s1. The van der Waals surface area contributed by atoms with E-state index in [-0.39, 0.29) is 30.0 Å². The van der Waals surface area contributed by atoms with E-state index in [9.17, 15) is 15.0 Å². The number of rotatable bonds is 2. The van der Waals surface area contributed by atoms with Crippen molar-refractivity contribution in [2.75, 3.05) is 13.7 Å². The summed E-state index contributed by atoms with van der Waals surface area (Å²) in [4.78, 5) is 16.8. The number of halogens is 1. The summed E-state index contributed by atoms with van der Waals surface area (Å²) in [5, 5.41) is 20.7. The Labute approximate surface area is 164 Å². The first kappa shape index (κ1) is 18.6. The molecular formula is C22H28FNO4. The van der Waals surface area contributed by atoms with Crippen LogP contribution in [-0.4, -0.2) is 58.3 Å². The van der Waals surface area contributed by atoms with E-state index in [1.165, 1.54) is 0 Å². The largest absolute Gasteiger partial charge is 0.390 e. The normalized spacial score (nSPS) is 55.1. The molecule has 4 fully saturated rings. The van der Waals surface area contributed by atoms with Crippen LogP contribution >= 0.6 is 0 Å². The number of Topliss-reactive ketones (excluding diaryl/α,β-unsaturated/α-hetero) is 1. The zero-order valence-corrected chi connectivity index (χ0v) is 16.6. The minimum Gasteiger partial charge on any atom is -0.390 e. The van der Waals surface area contributed by atoms with E-state index < -0.39 is 35.0 Å². The first-order chi connectivity index (χ1) is 13.2. The minimum absolute atomic E-state index is 0.0860. The summed E-state index contributed by atoms with van der Waals surface area (Å²) in [6.45, 7) is 3.26. The van der Waals surface area contributed by atoms with Crippen molar-refractivity contribution in [2.45, 2.75) is 62.5 Å². The molecule has 5 aliphatic rings. The Hall–Kier alpha value is -1.37. The van der Waals surface area contributed by atoms with Gasteiger partial charge in [-0.25, -0.2) is 4.39 Å². The molecule has 0 amide bonds. The highest BCUT2D eigenvalue weighted by Crippen LogP contribution is 2.76. The highest BCUT2D eigenvalue weighted by atomic mass is 19.1. The highest BCUT2D eigenvalue weighted by Gasteiger charge is 2.87. The van der Waals surface area contributed by atoms with Crippen LogP contribution in [0.5, 0.6) is 0 Å². The lowest BCUT2D eigenvalue weighted by atomic mass is 9.48. The molecule has 2 N–H and O–H groups in total. The fourth-order valence-corrected chi connectivity index (χ4v) is 7.40. The summed E-state index contributed by atoms with van der Waals surface area (Å²) in [7, 11) is 1.72. The van der Waals surface area contributed by atoms with Gasteiger partial charge in [0.15, 0.2) is 17.1 Å². The van der Waals surface area contributed by atoms with Crippen molar-refractivity contribution in [2.24, 2.45) is 28.2 Å². The van der Waals surface area contributed by atoms with Gasteiger partial charge in [-0.2, -0.15) is 0 Å². The molecule has 0 aromatic rings.